The van der Waals surface area contributed by atoms with E-state index in [1.54, 1.807) is 16.1 Å². The summed E-state index contributed by atoms with van der Waals surface area (Å²) in [6, 6.07) is 16.5. The summed E-state index contributed by atoms with van der Waals surface area (Å²) in [7, 11) is -1.49. The zero-order chi connectivity index (χ0) is 24.1. The molecule has 2 atom stereocenters. The molecule has 34 heavy (non-hydrogen) atoms. The molecule has 2 heterocycles. The zero-order valence-corrected chi connectivity index (χ0v) is 20.5. The number of hydrogen-bond acceptors (Lipinski definition) is 5. The summed E-state index contributed by atoms with van der Waals surface area (Å²) in [5.74, 6) is -0.644. The molecule has 1 N–H and O–H groups in total. The highest BCUT2D eigenvalue weighted by Crippen LogP contribution is 2.43. The molecule has 1 aliphatic carbocycles. The van der Waals surface area contributed by atoms with E-state index in [9.17, 15) is 14.1 Å². The summed E-state index contributed by atoms with van der Waals surface area (Å²) in [4.78, 5) is 21.5. The van der Waals surface area contributed by atoms with E-state index in [1.807, 2.05) is 26.0 Å². The first kappa shape index (κ1) is 22.6. The number of amides is 1. The molecule has 2 aliphatic heterocycles. The second kappa shape index (κ2) is 8.55. The number of aliphatic hydroxyl groups excluding tert-OH is 1. The van der Waals surface area contributed by atoms with Gasteiger partial charge in [-0.2, -0.15) is 0 Å². The molecule has 2 aromatic rings. The molecule has 0 radical (unpaired) electrons. The van der Waals surface area contributed by atoms with Gasteiger partial charge in [-0.15, -0.1) is 0 Å². The van der Waals surface area contributed by atoms with Crippen molar-refractivity contribution in [2.75, 3.05) is 12.8 Å². The van der Waals surface area contributed by atoms with Crippen LogP contribution in [0.2, 0.25) is 0 Å². The lowest BCUT2D eigenvalue weighted by atomic mass is 9.80. The molecule has 6 nitrogen and oxygen atoms in total. The second-order valence-electron chi connectivity index (χ2n) is 9.36. The van der Waals surface area contributed by atoms with E-state index in [2.05, 4.69) is 48.0 Å². The maximum Gasteiger partial charge on any atom is 0.274 e. The van der Waals surface area contributed by atoms with E-state index in [1.165, 1.54) is 22.3 Å². The molecule has 7 heteroatoms. The number of amidine groups is 1. The number of aryl methyl sites for hydroxylation is 2. The Labute approximate surface area is 202 Å². The first-order valence-corrected chi connectivity index (χ1v) is 13.2. The quantitative estimate of drug-likeness (QED) is 0.716. The topological polar surface area (TPSA) is 73.2 Å². The maximum absolute atomic E-state index is 13.6. The predicted molar refractivity (Wildman–Crippen MR) is 135 cm³/mol. The Morgan fingerprint density at radius 2 is 1.62 bits per heavy atom. The van der Waals surface area contributed by atoms with Crippen molar-refractivity contribution < 1.29 is 14.1 Å². The summed E-state index contributed by atoms with van der Waals surface area (Å²) in [5, 5.41) is 11.3. The number of carbonyl (C=O) groups excluding carboxylic acids is 1. The smallest absolute Gasteiger partial charge is 0.274 e. The summed E-state index contributed by atoms with van der Waals surface area (Å²) in [6.07, 6.45) is 3.40. The number of fused-ring (bicyclic) bond motifs is 3. The molecule has 1 saturated heterocycles. The Bertz CT molecular complexity index is 1230. The van der Waals surface area contributed by atoms with Crippen molar-refractivity contribution in [3.05, 3.63) is 94.5 Å². The van der Waals surface area contributed by atoms with E-state index in [0.29, 0.717) is 6.54 Å². The van der Waals surface area contributed by atoms with Gasteiger partial charge < -0.3 is 14.9 Å². The standard InChI is InChI=1S/C27H29N3O3S/c1-16(2)29-15-22(30-24(26(29)32)25(31)17(3)28-27(30)34(4)33)23-20-11-7-5-9-18(20)13-14-19-10-6-8-12-21(19)23/h5-12,16,22-23,31H,3,13-15H2,1-2,4H3/t22-,34?/m1/s1. The van der Waals surface area contributed by atoms with Crippen LogP contribution in [0.5, 0.6) is 0 Å². The van der Waals surface area contributed by atoms with Crippen LogP contribution in [0.3, 0.4) is 0 Å². The minimum Gasteiger partial charge on any atom is -0.504 e. The number of nitrogens with zero attached hydrogens (tertiary/aromatic N) is 3. The van der Waals surface area contributed by atoms with Crippen molar-refractivity contribution in [3.63, 3.8) is 0 Å². The van der Waals surface area contributed by atoms with Gasteiger partial charge in [0.05, 0.1) is 16.8 Å². The Hall–Kier alpha value is -3.19. The normalized spacial score (nSPS) is 21.6. The summed E-state index contributed by atoms with van der Waals surface area (Å²) in [6.45, 7) is 8.19. The van der Waals surface area contributed by atoms with Crippen LogP contribution in [-0.2, 0) is 28.4 Å². The number of hydrogen-bond donors (Lipinski definition) is 1. The third kappa shape index (κ3) is 3.50. The van der Waals surface area contributed by atoms with Gasteiger partial charge in [-0.05, 0) is 48.9 Å². The Morgan fingerprint density at radius 3 is 2.15 bits per heavy atom. The predicted octanol–water partition coefficient (Wildman–Crippen LogP) is 3.87. The van der Waals surface area contributed by atoms with Gasteiger partial charge in [-0.1, -0.05) is 55.1 Å². The minimum absolute atomic E-state index is 0.0656. The van der Waals surface area contributed by atoms with Gasteiger partial charge in [0.1, 0.15) is 5.70 Å². The van der Waals surface area contributed by atoms with Crippen molar-refractivity contribution in [2.45, 2.75) is 44.7 Å². The van der Waals surface area contributed by atoms with Crippen LogP contribution in [0.4, 0.5) is 0 Å². The highest BCUT2D eigenvalue weighted by molar-refractivity contribution is 7.99. The first-order valence-electron chi connectivity index (χ1n) is 11.6. The highest BCUT2D eigenvalue weighted by atomic mass is 32.2. The molecule has 0 aromatic heterocycles. The van der Waals surface area contributed by atoms with Gasteiger partial charge in [0.2, 0.25) is 0 Å². The van der Waals surface area contributed by atoms with E-state index in [0.717, 1.165) is 12.8 Å². The molecule has 1 amide bonds. The average Bonchev–Trinajstić information content (AvgIpc) is 2.98. The van der Waals surface area contributed by atoms with Crippen molar-refractivity contribution in [3.8, 4) is 0 Å². The monoisotopic (exact) mass is 475 g/mol. The van der Waals surface area contributed by atoms with Crippen LogP contribution in [0.15, 0.2) is 77.3 Å². The lowest BCUT2D eigenvalue weighted by Gasteiger charge is -2.49. The molecular formula is C27H29N3O3S. The first-order chi connectivity index (χ1) is 16.3. The molecule has 0 saturated carbocycles. The third-order valence-electron chi connectivity index (χ3n) is 7.06. The van der Waals surface area contributed by atoms with E-state index in [-0.39, 0.29) is 46.2 Å². The largest absolute Gasteiger partial charge is 0.504 e. The zero-order valence-electron chi connectivity index (χ0n) is 19.7. The molecule has 0 bridgehead atoms. The summed E-state index contributed by atoms with van der Waals surface area (Å²) in [5.41, 5.74) is 5.11. The van der Waals surface area contributed by atoms with Gasteiger partial charge in [0.15, 0.2) is 16.6 Å². The van der Waals surface area contributed by atoms with Crippen molar-refractivity contribution in [1.82, 2.24) is 9.80 Å². The van der Waals surface area contributed by atoms with Crippen molar-refractivity contribution >= 4 is 21.9 Å². The van der Waals surface area contributed by atoms with Gasteiger partial charge >= 0.3 is 0 Å². The SMILES string of the molecule is C=C1N=C(S(C)=O)N2C(=C1O)C(=O)N(C(C)C)C[C@@H]2C1c2ccccc2CCc2ccccc21. The maximum atomic E-state index is 13.6. The van der Waals surface area contributed by atoms with Crippen LogP contribution in [0, 0.1) is 0 Å². The van der Waals surface area contributed by atoms with Crippen LogP contribution in [-0.4, -0.2) is 55.1 Å². The second-order valence-corrected chi connectivity index (χ2v) is 10.6. The fourth-order valence-corrected chi connectivity index (χ4v) is 6.21. The molecule has 5 rings (SSSR count). The highest BCUT2D eigenvalue weighted by Gasteiger charge is 2.48. The van der Waals surface area contributed by atoms with Gasteiger partial charge in [-0.25, -0.2) is 4.99 Å². The minimum atomic E-state index is -1.49. The number of benzene rings is 2. The number of aliphatic hydroxyl groups is 1. The van der Waals surface area contributed by atoms with E-state index >= 15 is 0 Å². The molecule has 1 fully saturated rings. The molecular weight excluding hydrogens is 446 g/mol. The molecule has 0 spiro atoms. The van der Waals surface area contributed by atoms with Crippen LogP contribution < -0.4 is 0 Å². The van der Waals surface area contributed by atoms with Crippen LogP contribution in [0.25, 0.3) is 0 Å². The Kier molecular flexibility index (Phi) is 5.68. The lowest BCUT2D eigenvalue weighted by molar-refractivity contribution is -0.134. The van der Waals surface area contributed by atoms with Gasteiger partial charge in [0, 0.05) is 24.8 Å². The number of rotatable bonds is 2. The fraction of sp³-hybridized carbons (Fsp3) is 0.333. The van der Waals surface area contributed by atoms with E-state index in [4.69, 9.17) is 0 Å². The molecule has 1 unspecified atom stereocenters. The number of piperazine rings is 1. The summed E-state index contributed by atoms with van der Waals surface area (Å²) < 4.78 is 12.9. The Morgan fingerprint density at radius 1 is 1.06 bits per heavy atom. The summed E-state index contributed by atoms with van der Waals surface area (Å²) >= 11 is 0. The van der Waals surface area contributed by atoms with Crippen LogP contribution in [0.1, 0.15) is 42.0 Å². The molecule has 3 aliphatic rings. The van der Waals surface area contributed by atoms with Crippen molar-refractivity contribution in [1.29, 1.82) is 0 Å². The van der Waals surface area contributed by atoms with Gasteiger partial charge in [0.25, 0.3) is 5.91 Å². The number of carbonyl (C=O) groups is 1. The lowest BCUT2D eigenvalue weighted by Crippen LogP contribution is -2.61. The van der Waals surface area contributed by atoms with E-state index < -0.39 is 10.8 Å². The Balaban J connectivity index is 1.78. The molecule has 176 valence electrons. The number of aliphatic imine (C=N–C) groups is 1. The van der Waals surface area contributed by atoms with Crippen molar-refractivity contribution in [2.24, 2.45) is 4.99 Å². The third-order valence-corrected chi connectivity index (χ3v) is 7.87. The van der Waals surface area contributed by atoms with Crippen LogP contribution >= 0.6 is 0 Å². The molecule has 2 aromatic carbocycles. The van der Waals surface area contributed by atoms with Gasteiger partial charge in [-0.3, -0.25) is 9.00 Å². The fourth-order valence-electron chi connectivity index (χ4n) is 5.47. The average molecular weight is 476 g/mol.